The third-order valence-electron chi connectivity index (χ3n) is 4.28. The van der Waals surface area contributed by atoms with Crippen LogP contribution in [0.2, 0.25) is 0 Å². The molecule has 26 heavy (non-hydrogen) atoms. The van der Waals surface area contributed by atoms with E-state index in [4.69, 9.17) is 0 Å². The fourth-order valence-corrected chi connectivity index (χ4v) is 5.27. The van der Waals surface area contributed by atoms with E-state index in [0.29, 0.717) is 6.04 Å². The summed E-state index contributed by atoms with van der Waals surface area (Å²) >= 11 is 3.47. The summed E-state index contributed by atoms with van der Waals surface area (Å²) in [5, 5.41) is 15.9. The van der Waals surface area contributed by atoms with Gasteiger partial charge >= 0.3 is 0 Å². The fourth-order valence-electron chi connectivity index (χ4n) is 3.00. The number of aryl methyl sites for hydroxylation is 1. The number of aromatic nitrogens is 8. The SMILES string of the molecule is Cn1ncc2c(SCC3CSc4nnc(-c5ccncc5)n43)ncnc21. The standard InChI is InChI=1S/C16H14N8S2/c1-23-14-12(6-20-23)15(19-9-18-14)25-7-11-8-26-16-22-21-13(24(11)16)10-2-4-17-5-3-10/h2-6,9,11H,7-8H2,1H3. The summed E-state index contributed by atoms with van der Waals surface area (Å²) in [6.45, 7) is 0. The molecule has 0 aliphatic carbocycles. The normalized spacial score (nSPS) is 16.3. The van der Waals surface area contributed by atoms with E-state index in [0.717, 1.165) is 44.1 Å². The lowest BCUT2D eigenvalue weighted by Crippen LogP contribution is -2.11. The van der Waals surface area contributed by atoms with Gasteiger partial charge in [0.1, 0.15) is 11.4 Å². The molecular weight excluding hydrogens is 368 g/mol. The molecule has 8 nitrogen and oxygen atoms in total. The van der Waals surface area contributed by atoms with Crippen molar-refractivity contribution in [1.29, 1.82) is 0 Å². The molecule has 4 aromatic rings. The van der Waals surface area contributed by atoms with Crippen LogP contribution >= 0.6 is 23.5 Å². The van der Waals surface area contributed by atoms with Gasteiger partial charge in [-0.25, -0.2) is 9.97 Å². The summed E-state index contributed by atoms with van der Waals surface area (Å²) < 4.78 is 4.00. The lowest BCUT2D eigenvalue weighted by atomic mass is 10.2. The van der Waals surface area contributed by atoms with Crippen LogP contribution in [0.25, 0.3) is 22.4 Å². The average molecular weight is 382 g/mol. The Bertz CT molecular complexity index is 1070. The van der Waals surface area contributed by atoms with E-state index >= 15 is 0 Å². The van der Waals surface area contributed by atoms with E-state index in [1.807, 2.05) is 25.4 Å². The van der Waals surface area contributed by atoms with Gasteiger partial charge in [0, 0.05) is 36.5 Å². The molecule has 0 aromatic carbocycles. The lowest BCUT2D eigenvalue weighted by Gasteiger charge is -2.14. The van der Waals surface area contributed by atoms with Gasteiger partial charge in [-0.05, 0) is 12.1 Å². The molecule has 0 radical (unpaired) electrons. The molecule has 0 spiro atoms. The van der Waals surface area contributed by atoms with Crippen molar-refractivity contribution in [2.75, 3.05) is 11.5 Å². The van der Waals surface area contributed by atoms with Gasteiger partial charge in [-0.1, -0.05) is 11.8 Å². The molecule has 1 unspecified atom stereocenters. The molecule has 4 aromatic heterocycles. The summed E-state index contributed by atoms with van der Waals surface area (Å²) in [5.41, 5.74) is 1.89. The minimum atomic E-state index is 0.305. The third kappa shape index (κ3) is 2.56. The highest BCUT2D eigenvalue weighted by atomic mass is 32.2. The van der Waals surface area contributed by atoms with Crippen LogP contribution in [-0.4, -0.2) is 51.0 Å². The lowest BCUT2D eigenvalue weighted by molar-refractivity contribution is 0.597. The Hall–Kier alpha value is -2.46. The van der Waals surface area contributed by atoms with E-state index in [1.165, 1.54) is 0 Å². The van der Waals surface area contributed by atoms with Crippen molar-refractivity contribution < 1.29 is 0 Å². The first-order chi connectivity index (χ1) is 12.8. The highest BCUT2D eigenvalue weighted by Gasteiger charge is 2.28. The average Bonchev–Trinajstić information content (AvgIpc) is 3.37. The van der Waals surface area contributed by atoms with Crippen LogP contribution in [-0.2, 0) is 7.05 Å². The van der Waals surface area contributed by atoms with Crippen molar-refractivity contribution in [1.82, 2.24) is 39.5 Å². The second-order valence-corrected chi connectivity index (χ2v) is 7.87. The number of fused-ring (bicyclic) bond motifs is 2. The van der Waals surface area contributed by atoms with Crippen molar-refractivity contribution in [2.45, 2.75) is 16.2 Å². The molecule has 0 bridgehead atoms. The molecule has 5 heterocycles. The maximum atomic E-state index is 4.45. The zero-order valence-electron chi connectivity index (χ0n) is 13.8. The largest absolute Gasteiger partial charge is 0.297 e. The molecule has 0 fully saturated rings. The van der Waals surface area contributed by atoms with Crippen LogP contribution in [0, 0.1) is 0 Å². The summed E-state index contributed by atoms with van der Waals surface area (Å²) in [5.74, 6) is 2.76. The first kappa shape index (κ1) is 15.8. The molecule has 130 valence electrons. The van der Waals surface area contributed by atoms with Gasteiger partial charge in [-0.15, -0.1) is 22.0 Å². The Balaban J connectivity index is 1.43. The Morgan fingerprint density at radius 1 is 1.23 bits per heavy atom. The van der Waals surface area contributed by atoms with Gasteiger partial charge in [0.15, 0.2) is 16.6 Å². The van der Waals surface area contributed by atoms with E-state index in [-0.39, 0.29) is 0 Å². The number of hydrogen-bond acceptors (Lipinski definition) is 8. The van der Waals surface area contributed by atoms with Crippen molar-refractivity contribution in [3.05, 3.63) is 37.1 Å². The highest BCUT2D eigenvalue weighted by molar-refractivity contribution is 8.00. The fraction of sp³-hybridized carbons (Fsp3) is 0.250. The number of rotatable bonds is 4. The van der Waals surface area contributed by atoms with Crippen molar-refractivity contribution in [3.8, 4) is 11.4 Å². The summed E-state index contributed by atoms with van der Waals surface area (Å²) in [6.07, 6.45) is 6.99. The van der Waals surface area contributed by atoms with Gasteiger partial charge in [0.05, 0.1) is 17.6 Å². The number of hydrogen-bond donors (Lipinski definition) is 0. The molecule has 0 saturated heterocycles. The Morgan fingerprint density at radius 3 is 3.00 bits per heavy atom. The van der Waals surface area contributed by atoms with E-state index < -0.39 is 0 Å². The predicted molar refractivity (Wildman–Crippen MR) is 100 cm³/mol. The first-order valence-electron chi connectivity index (χ1n) is 8.05. The van der Waals surface area contributed by atoms with Gasteiger partial charge in [-0.2, -0.15) is 5.10 Å². The van der Waals surface area contributed by atoms with Crippen LogP contribution < -0.4 is 0 Å². The minimum absolute atomic E-state index is 0.305. The smallest absolute Gasteiger partial charge is 0.191 e. The van der Waals surface area contributed by atoms with Crippen LogP contribution in [0.5, 0.6) is 0 Å². The zero-order chi connectivity index (χ0) is 17.5. The molecule has 0 saturated carbocycles. The molecule has 5 rings (SSSR count). The van der Waals surface area contributed by atoms with Crippen LogP contribution in [0.15, 0.2) is 47.2 Å². The third-order valence-corrected chi connectivity index (χ3v) is 6.52. The van der Waals surface area contributed by atoms with Crippen molar-refractivity contribution in [3.63, 3.8) is 0 Å². The van der Waals surface area contributed by atoms with Crippen LogP contribution in [0.3, 0.4) is 0 Å². The predicted octanol–water partition coefficient (Wildman–Crippen LogP) is 2.46. The van der Waals surface area contributed by atoms with E-state index in [2.05, 4.69) is 34.8 Å². The zero-order valence-corrected chi connectivity index (χ0v) is 15.5. The number of nitrogens with zero attached hydrogens (tertiary/aromatic N) is 8. The van der Waals surface area contributed by atoms with Gasteiger partial charge < -0.3 is 0 Å². The Labute approximate surface area is 157 Å². The Morgan fingerprint density at radius 2 is 2.12 bits per heavy atom. The topological polar surface area (TPSA) is 87.2 Å². The van der Waals surface area contributed by atoms with Crippen molar-refractivity contribution in [2.24, 2.45) is 7.05 Å². The Kier molecular flexibility index (Phi) is 3.86. The second-order valence-electron chi connectivity index (χ2n) is 5.87. The maximum Gasteiger partial charge on any atom is 0.191 e. The second kappa shape index (κ2) is 6.36. The molecule has 10 heteroatoms. The molecule has 0 amide bonds. The van der Waals surface area contributed by atoms with Gasteiger partial charge in [0.25, 0.3) is 0 Å². The summed E-state index contributed by atoms with van der Waals surface area (Å²) in [6, 6.07) is 4.24. The minimum Gasteiger partial charge on any atom is -0.297 e. The van der Waals surface area contributed by atoms with Crippen molar-refractivity contribution >= 4 is 34.6 Å². The van der Waals surface area contributed by atoms with Gasteiger partial charge in [-0.3, -0.25) is 14.2 Å². The maximum absolute atomic E-state index is 4.45. The highest BCUT2D eigenvalue weighted by Crippen LogP contribution is 2.39. The van der Waals surface area contributed by atoms with E-state index in [9.17, 15) is 0 Å². The van der Waals surface area contributed by atoms with Crippen LogP contribution in [0.4, 0.5) is 0 Å². The van der Waals surface area contributed by atoms with Crippen LogP contribution in [0.1, 0.15) is 6.04 Å². The number of thioether (sulfide) groups is 2. The first-order valence-corrected chi connectivity index (χ1v) is 10.0. The molecule has 1 atom stereocenters. The van der Waals surface area contributed by atoms with E-state index in [1.54, 1.807) is 46.9 Å². The van der Waals surface area contributed by atoms with Gasteiger partial charge in [0.2, 0.25) is 0 Å². The monoisotopic (exact) mass is 382 g/mol. The summed E-state index contributed by atoms with van der Waals surface area (Å²) in [7, 11) is 1.89. The molecule has 1 aliphatic heterocycles. The summed E-state index contributed by atoms with van der Waals surface area (Å²) in [4.78, 5) is 12.8. The quantitative estimate of drug-likeness (QED) is 0.393. The number of pyridine rings is 1. The molecule has 0 N–H and O–H groups in total. The molecule has 1 aliphatic rings. The molecular formula is C16H14N8S2.